The molecule has 6 heteroatoms. The van der Waals surface area contributed by atoms with Gasteiger partial charge in [-0.25, -0.2) is 9.78 Å². The number of hydrogen-bond donors (Lipinski definition) is 0. The summed E-state index contributed by atoms with van der Waals surface area (Å²) in [5.41, 5.74) is 3.45. The van der Waals surface area contributed by atoms with E-state index in [-0.39, 0.29) is 11.3 Å². The van der Waals surface area contributed by atoms with E-state index in [1.807, 2.05) is 6.92 Å². The first kappa shape index (κ1) is 23.5. The molecule has 1 saturated heterocycles. The maximum atomic E-state index is 11.7. The normalized spacial score (nSPS) is 21.8. The fourth-order valence-electron chi connectivity index (χ4n) is 3.74. The molecule has 170 valence electrons. The molecule has 1 aromatic carbocycles. The smallest absolute Gasteiger partial charge is 0.366 e. The minimum Gasteiger partial charge on any atom is -0.465 e. The van der Waals surface area contributed by atoms with Crippen molar-refractivity contribution in [2.24, 2.45) is 5.92 Å². The van der Waals surface area contributed by atoms with Crippen molar-refractivity contribution in [3.8, 4) is 11.5 Å². The molecule has 0 aliphatic carbocycles. The number of carbonyl (C=O) groups excluding carboxylic acids is 1. The van der Waals surface area contributed by atoms with E-state index >= 15 is 0 Å². The summed E-state index contributed by atoms with van der Waals surface area (Å²) >= 11 is 0. The van der Waals surface area contributed by atoms with Crippen molar-refractivity contribution in [2.75, 3.05) is 20.3 Å². The Hall–Kier alpha value is -2.18. The van der Waals surface area contributed by atoms with Gasteiger partial charge in [0.15, 0.2) is 0 Å². The third-order valence-electron chi connectivity index (χ3n) is 5.91. The number of ether oxygens (including phenoxy) is 3. The lowest BCUT2D eigenvalue weighted by Crippen LogP contribution is -2.48. The van der Waals surface area contributed by atoms with Crippen LogP contribution in [0.5, 0.6) is 0 Å². The first-order chi connectivity index (χ1) is 14.6. The van der Waals surface area contributed by atoms with E-state index < -0.39 is 11.8 Å². The molecule has 6 nitrogen and oxygen atoms in total. The summed E-state index contributed by atoms with van der Waals surface area (Å²) in [7, 11) is 1.34. The van der Waals surface area contributed by atoms with Gasteiger partial charge in [0.25, 0.3) is 5.79 Å². The average molecular weight is 430 g/mol. The van der Waals surface area contributed by atoms with Gasteiger partial charge in [0.05, 0.1) is 26.0 Å². The Morgan fingerprint density at radius 2 is 1.81 bits per heavy atom. The number of carbonyl (C=O) groups is 1. The molecule has 1 aliphatic heterocycles. The molecule has 2 aromatic rings. The van der Waals surface area contributed by atoms with Gasteiger partial charge in [0.2, 0.25) is 5.89 Å². The van der Waals surface area contributed by atoms with Crippen LogP contribution in [-0.4, -0.2) is 37.1 Å². The number of esters is 1. The first-order valence-electron chi connectivity index (χ1n) is 11.1. The van der Waals surface area contributed by atoms with Crippen LogP contribution in [0.4, 0.5) is 0 Å². The zero-order valence-corrected chi connectivity index (χ0v) is 19.6. The van der Waals surface area contributed by atoms with E-state index in [1.165, 1.54) is 12.7 Å². The van der Waals surface area contributed by atoms with Crippen LogP contribution in [-0.2, 0) is 30.8 Å². The van der Waals surface area contributed by atoms with Crippen molar-refractivity contribution >= 4 is 5.97 Å². The Balaban J connectivity index is 1.47. The molecule has 1 aliphatic rings. The largest absolute Gasteiger partial charge is 0.465 e. The summed E-state index contributed by atoms with van der Waals surface area (Å²) in [5, 5.41) is 0. The summed E-state index contributed by atoms with van der Waals surface area (Å²) in [4.78, 5) is 16.5. The number of hydrogen-bond acceptors (Lipinski definition) is 6. The second-order valence-corrected chi connectivity index (χ2v) is 9.52. The summed E-state index contributed by atoms with van der Waals surface area (Å²) in [6.07, 6.45) is 3.91. The van der Waals surface area contributed by atoms with Crippen LogP contribution in [0.25, 0.3) is 11.5 Å². The summed E-state index contributed by atoms with van der Waals surface area (Å²) in [6, 6.07) is 8.46. The Morgan fingerprint density at radius 3 is 2.39 bits per heavy atom. The van der Waals surface area contributed by atoms with Crippen molar-refractivity contribution < 1.29 is 23.4 Å². The number of unbranched alkanes of at least 4 members (excludes halogenated alkanes) is 1. The lowest BCUT2D eigenvalue weighted by molar-refractivity contribution is -0.272. The third kappa shape index (κ3) is 5.74. The predicted molar refractivity (Wildman–Crippen MR) is 119 cm³/mol. The topological polar surface area (TPSA) is 70.8 Å². The zero-order valence-electron chi connectivity index (χ0n) is 19.6. The van der Waals surface area contributed by atoms with Gasteiger partial charge in [-0.15, -0.1) is 0 Å². The van der Waals surface area contributed by atoms with Gasteiger partial charge in [-0.1, -0.05) is 39.3 Å². The number of rotatable bonds is 7. The van der Waals surface area contributed by atoms with E-state index in [0.717, 1.165) is 42.7 Å². The van der Waals surface area contributed by atoms with Crippen LogP contribution in [0.3, 0.4) is 0 Å². The molecule has 2 heterocycles. The van der Waals surface area contributed by atoms with Crippen molar-refractivity contribution in [2.45, 2.75) is 71.5 Å². The highest BCUT2D eigenvalue weighted by Crippen LogP contribution is 2.28. The summed E-state index contributed by atoms with van der Waals surface area (Å²) in [5.74, 6) is 0.0893. The van der Waals surface area contributed by atoms with Crippen LogP contribution >= 0.6 is 0 Å². The molecule has 31 heavy (non-hydrogen) atoms. The van der Waals surface area contributed by atoms with Crippen LogP contribution in [0.15, 0.2) is 28.7 Å². The van der Waals surface area contributed by atoms with Crippen molar-refractivity contribution in [1.82, 2.24) is 4.98 Å². The lowest BCUT2D eigenvalue weighted by atomic mass is 9.87. The molecule has 3 rings (SSSR count). The Morgan fingerprint density at radius 1 is 1.16 bits per heavy atom. The number of aryl methyl sites for hydroxylation is 2. The number of methoxy groups -OCH3 is 1. The minimum atomic E-state index is -1.27. The first-order valence-corrected chi connectivity index (χ1v) is 11.1. The van der Waals surface area contributed by atoms with Gasteiger partial charge in [0.1, 0.15) is 5.76 Å². The zero-order chi connectivity index (χ0) is 22.6. The van der Waals surface area contributed by atoms with E-state index in [9.17, 15) is 4.79 Å². The van der Waals surface area contributed by atoms with E-state index in [2.05, 4.69) is 45.0 Å². The molecule has 0 saturated carbocycles. The van der Waals surface area contributed by atoms with Crippen LogP contribution < -0.4 is 0 Å². The van der Waals surface area contributed by atoms with Gasteiger partial charge in [0, 0.05) is 18.4 Å². The molecule has 0 unspecified atom stereocenters. The molecule has 0 bridgehead atoms. The van der Waals surface area contributed by atoms with Crippen molar-refractivity contribution in [3.05, 3.63) is 41.3 Å². The number of oxazole rings is 1. The highest BCUT2D eigenvalue weighted by Gasteiger charge is 2.41. The van der Waals surface area contributed by atoms with Crippen LogP contribution in [0, 0.1) is 12.8 Å². The third-order valence-corrected chi connectivity index (χ3v) is 5.91. The molecular formula is C25H35NO5. The Labute approximate surface area is 185 Å². The second kappa shape index (κ2) is 9.53. The average Bonchev–Trinajstić information content (AvgIpc) is 3.12. The fraction of sp³-hybridized carbons (Fsp3) is 0.600. The highest BCUT2D eigenvalue weighted by molar-refractivity contribution is 5.77. The number of aromatic nitrogens is 1. The van der Waals surface area contributed by atoms with Crippen molar-refractivity contribution in [3.63, 3.8) is 0 Å². The Kier molecular flexibility index (Phi) is 7.22. The lowest BCUT2D eigenvalue weighted by Gasteiger charge is -2.35. The van der Waals surface area contributed by atoms with E-state index in [0.29, 0.717) is 19.1 Å². The van der Waals surface area contributed by atoms with Gasteiger partial charge in [-0.2, -0.15) is 0 Å². The maximum Gasteiger partial charge on any atom is 0.366 e. The minimum absolute atomic E-state index is 0.128. The summed E-state index contributed by atoms with van der Waals surface area (Å²) in [6.45, 7) is 11.2. The summed E-state index contributed by atoms with van der Waals surface area (Å²) < 4.78 is 21.9. The standard InChI is InChI=1S/C25H35NO5/c1-17-21(26-22(31-17)19-11-13-20(14-12-19)24(2,3)4)10-8-7-9-18-15-29-25(5,30-16-18)23(27)28-6/h11-14,18H,7-10,15-16H2,1-6H3/t18-,25+. The van der Waals surface area contributed by atoms with Crippen molar-refractivity contribution in [1.29, 1.82) is 0 Å². The van der Waals surface area contributed by atoms with E-state index in [4.69, 9.17) is 23.6 Å². The highest BCUT2D eigenvalue weighted by atomic mass is 16.7. The predicted octanol–water partition coefficient (Wildman–Crippen LogP) is 5.21. The van der Waals surface area contributed by atoms with Crippen LogP contribution in [0.2, 0.25) is 0 Å². The van der Waals surface area contributed by atoms with Gasteiger partial charge in [-0.05, 0) is 49.3 Å². The maximum absolute atomic E-state index is 11.7. The Bertz CT molecular complexity index is 870. The molecule has 1 fully saturated rings. The number of nitrogens with zero attached hydrogens (tertiary/aromatic N) is 1. The van der Waals surface area contributed by atoms with Gasteiger partial charge >= 0.3 is 5.97 Å². The van der Waals surface area contributed by atoms with Gasteiger partial charge < -0.3 is 18.6 Å². The molecular weight excluding hydrogens is 394 g/mol. The molecule has 0 N–H and O–H groups in total. The fourth-order valence-corrected chi connectivity index (χ4v) is 3.74. The molecule has 0 radical (unpaired) electrons. The monoisotopic (exact) mass is 429 g/mol. The SMILES string of the molecule is COC(=O)[C@]1(C)OC[C@H](CCCCc2nc(-c3ccc(C(C)(C)C)cc3)oc2C)CO1. The molecule has 0 spiro atoms. The number of benzene rings is 1. The second-order valence-electron chi connectivity index (χ2n) is 9.52. The quantitative estimate of drug-likeness (QED) is 0.444. The molecule has 1 aromatic heterocycles. The van der Waals surface area contributed by atoms with Gasteiger partial charge in [-0.3, -0.25) is 0 Å². The van der Waals surface area contributed by atoms with E-state index in [1.54, 1.807) is 6.92 Å². The van der Waals surface area contributed by atoms with Crippen LogP contribution in [0.1, 0.15) is 64.0 Å². The molecule has 0 amide bonds. The molecule has 0 atom stereocenters.